The lowest BCUT2D eigenvalue weighted by atomic mass is 10.7. The van der Waals surface area contributed by atoms with Crippen LogP contribution in [0.2, 0.25) is 6.04 Å². The van der Waals surface area contributed by atoms with E-state index in [1.165, 1.54) is 0 Å². The van der Waals surface area contributed by atoms with E-state index in [4.69, 9.17) is 8.85 Å². The Labute approximate surface area is 77.3 Å². The van der Waals surface area contributed by atoms with Gasteiger partial charge in [-0.1, -0.05) is 6.92 Å². The molecule has 0 spiro atoms. The van der Waals surface area contributed by atoms with Crippen molar-refractivity contribution in [3.8, 4) is 0 Å². The lowest BCUT2D eigenvalue weighted by Crippen LogP contribution is -2.28. The Balaban J connectivity index is 3.34. The van der Waals surface area contributed by atoms with Crippen LogP contribution in [-0.4, -0.2) is 35.6 Å². The molecule has 0 aromatic carbocycles. The third-order valence-corrected chi connectivity index (χ3v) is 3.68. The predicted octanol–water partition coefficient (Wildman–Crippen LogP) is 0.889. The number of hydrogen-bond acceptors (Lipinski definition) is 3. The van der Waals surface area contributed by atoms with Gasteiger partial charge in [0, 0.05) is 19.3 Å². The number of rotatable bonds is 8. The van der Waals surface area contributed by atoms with Gasteiger partial charge >= 0.3 is 9.28 Å². The molecule has 0 unspecified atom stereocenters. The van der Waals surface area contributed by atoms with Crippen molar-refractivity contribution in [2.24, 2.45) is 0 Å². The first kappa shape index (κ1) is 12.1. The zero-order valence-corrected chi connectivity index (χ0v) is 9.58. The molecule has 0 fully saturated rings. The molecule has 0 saturated heterocycles. The summed E-state index contributed by atoms with van der Waals surface area (Å²) in [5, 5.41) is 3.27. The average Bonchev–Trinajstić information content (AvgIpc) is 2.06. The minimum Gasteiger partial charge on any atom is -0.397 e. The van der Waals surface area contributed by atoms with Gasteiger partial charge < -0.3 is 14.2 Å². The van der Waals surface area contributed by atoms with Gasteiger partial charge in [0.2, 0.25) is 0 Å². The number of hydrogen-bond donors (Lipinski definition) is 1. The smallest absolute Gasteiger partial charge is 0.322 e. The Morgan fingerprint density at radius 2 is 1.67 bits per heavy atom. The van der Waals surface area contributed by atoms with Gasteiger partial charge in [0.1, 0.15) is 0 Å². The Morgan fingerprint density at radius 3 is 2.08 bits per heavy atom. The van der Waals surface area contributed by atoms with Crippen LogP contribution in [0, 0.1) is 0 Å². The summed E-state index contributed by atoms with van der Waals surface area (Å²) in [6, 6.07) is 1.06. The van der Waals surface area contributed by atoms with Crippen LogP contribution < -0.4 is 5.32 Å². The third-order valence-electron chi connectivity index (χ3n) is 1.51. The molecule has 1 N–H and O–H groups in total. The molecule has 0 aliphatic heterocycles. The zero-order chi connectivity index (χ0) is 9.23. The van der Waals surface area contributed by atoms with Crippen molar-refractivity contribution in [2.45, 2.75) is 26.8 Å². The van der Waals surface area contributed by atoms with Crippen molar-refractivity contribution < 1.29 is 8.85 Å². The summed E-state index contributed by atoms with van der Waals surface area (Å²) in [5.41, 5.74) is 0. The van der Waals surface area contributed by atoms with E-state index in [9.17, 15) is 0 Å². The van der Waals surface area contributed by atoms with Crippen LogP contribution in [0.15, 0.2) is 0 Å². The zero-order valence-electron chi connectivity index (χ0n) is 8.43. The molecular weight excluding hydrogens is 170 g/mol. The van der Waals surface area contributed by atoms with Crippen molar-refractivity contribution in [1.82, 2.24) is 5.32 Å². The van der Waals surface area contributed by atoms with E-state index in [0.717, 1.165) is 32.3 Å². The fourth-order valence-electron chi connectivity index (χ4n) is 0.983. The maximum Gasteiger partial charge on any atom is 0.322 e. The molecule has 0 heterocycles. The van der Waals surface area contributed by atoms with E-state index in [1.54, 1.807) is 0 Å². The van der Waals surface area contributed by atoms with Gasteiger partial charge in [-0.2, -0.15) is 0 Å². The van der Waals surface area contributed by atoms with Crippen LogP contribution in [-0.2, 0) is 8.85 Å². The summed E-state index contributed by atoms with van der Waals surface area (Å²) >= 11 is 0. The SMILES string of the molecule is CCNCC[SiH](OCC)OCC. The predicted molar refractivity (Wildman–Crippen MR) is 53.8 cm³/mol. The highest BCUT2D eigenvalue weighted by Gasteiger charge is 2.10. The lowest BCUT2D eigenvalue weighted by Gasteiger charge is -2.14. The van der Waals surface area contributed by atoms with Gasteiger partial charge in [0.05, 0.1) is 0 Å². The van der Waals surface area contributed by atoms with Crippen molar-refractivity contribution in [3.63, 3.8) is 0 Å². The van der Waals surface area contributed by atoms with Crippen LogP contribution in [0.4, 0.5) is 0 Å². The minimum absolute atomic E-state index is 0.781. The fourth-order valence-corrected chi connectivity index (χ4v) is 2.60. The largest absolute Gasteiger partial charge is 0.397 e. The van der Waals surface area contributed by atoms with Gasteiger partial charge in [0.25, 0.3) is 0 Å². The lowest BCUT2D eigenvalue weighted by molar-refractivity contribution is 0.213. The van der Waals surface area contributed by atoms with Crippen molar-refractivity contribution in [1.29, 1.82) is 0 Å². The minimum atomic E-state index is -1.33. The van der Waals surface area contributed by atoms with Gasteiger partial charge in [0.15, 0.2) is 0 Å². The fraction of sp³-hybridized carbons (Fsp3) is 1.00. The monoisotopic (exact) mass is 191 g/mol. The van der Waals surface area contributed by atoms with E-state index in [-0.39, 0.29) is 0 Å². The quantitative estimate of drug-likeness (QED) is 0.456. The summed E-state index contributed by atoms with van der Waals surface area (Å²) in [4.78, 5) is 0. The van der Waals surface area contributed by atoms with Gasteiger partial charge in [-0.05, 0) is 26.9 Å². The van der Waals surface area contributed by atoms with E-state index < -0.39 is 9.28 Å². The number of nitrogens with one attached hydrogen (secondary N) is 1. The summed E-state index contributed by atoms with van der Waals surface area (Å²) in [7, 11) is -1.33. The van der Waals surface area contributed by atoms with Gasteiger partial charge in [-0.25, -0.2) is 0 Å². The molecule has 74 valence electrons. The van der Waals surface area contributed by atoms with E-state index in [0.29, 0.717) is 0 Å². The molecule has 0 saturated carbocycles. The second-order valence-corrected chi connectivity index (χ2v) is 4.59. The summed E-state index contributed by atoms with van der Waals surface area (Å²) in [5.74, 6) is 0. The molecule has 0 aromatic rings. The molecule has 0 aliphatic rings. The maximum absolute atomic E-state index is 5.51. The summed E-state index contributed by atoms with van der Waals surface area (Å²) in [6.45, 7) is 9.76. The van der Waals surface area contributed by atoms with E-state index in [1.807, 2.05) is 13.8 Å². The molecule has 0 rings (SSSR count). The Hall–Kier alpha value is 0.0969. The van der Waals surface area contributed by atoms with Crippen LogP contribution in [0.3, 0.4) is 0 Å². The Bertz CT molecular complexity index is 87.1. The highest BCUT2D eigenvalue weighted by Crippen LogP contribution is 1.95. The topological polar surface area (TPSA) is 30.5 Å². The maximum atomic E-state index is 5.51. The van der Waals surface area contributed by atoms with Crippen molar-refractivity contribution in [2.75, 3.05) is 26.3 Å². The molecule has 0 amide bonds. The molecule has 12 heavy (non-hydrogen) atoms. The standard InChI is InChI=1S/C8H21NO2Si/c1-4-9-7-8-12(10-5-2)11-6-3/h9,12H,4-8H2,1-3H3. The molecule has 0 bridgehead atoms. The molecule has 4 heteroatoms. The third kappa shape index (κ3) is 6.79. The molecule has 3 nitrogen and oxygen atoms in total. The van der Waals surface area contributed by atoms with Gasteiger partial charge in [-0.3, -0.25) is 0 Å². The first-order valence-electron chi connectivity index (χ1n) is 4.79. The van der Waals surface area contributed by atoms with Crippen LogP contribution in [0.1, 0.15) is 20.8 Å². The van der Waals surface area contributed by atoms with Crippen LogP contribution in [0.5, 0.6) is 0 Å². The molecular formula is C8H21NO2Si. The van der Waals surface area contributed by atoms with Gasteiger partial charge in [-0.15, -0.1) is 0 Å². The highest BCUT2D eigenvalue weighted by molar-refractivity contribution is 6.44. The average molecular weight is 191 g/mol. The summed E-state index contributed by atoms with van der Waals surface area (Å²) < 4.78 is 11.0. The second-order valence-electron chi connectivity index (χ2n) is 2.48. The molecule has 0 atom stereocenters. The first-order chi connectivity index (χ1) is 5.85. The van der Waals surface area contributed by atoms with E-state index in [2.05, 4.69) is 12.2 Å². The Kier molecular flexibility index (Phi) is 9.26. The van der Waals surface area contributed by atoms with Crippen LogP contribution in [0.25, 0.3) is 0 Å². The van der Waals surface area contributed by atoms with Crippen molar-refractivity contribution >= 4 is 9.28 Å². The first-order valence-corrected chi connectivity index (χ1v) is 6.54. The van der Waals surface area contributed by atoms with Crippen molar-refractivity contribution in [3.05, 3.63) is 0 Å². The molecule has 0 radical (unpaired) electrons. The summed E-state index contributed by atoms with van der Waals surface area (Å²) in [6.07, 6.45) is 0. The highest BCUT2D eigenvalue weighted by atomic mass is 28.3. The van der Waals surface area contributed by atoms with Crippen LogP contribution >= 0.6 is 0 Å². The normalized spacial score (nSPS) is 11.0. The second kappa shape index (κ2) is 9.19. The molecule has 0 aromatic heterocycles. The van der Waals surface area contributed by atoms with E-state index >= 15 is 0 Å². The Morgan fingerprint density at radius 1 is 1.08 bits per heavy atom. The molecule has 0 aliphatic carbocycles.